The van der Waals surface area contributed by atoms with Gasteiger partial charge in [-0.3, -0.25) is 4.79 Å². The van der Waals surface area contributed by atoms with Crippen LogP contribution in [0.3, 0.4) is 0 Å². The molecule has 0 N–H and O–H groups in total. The lowest BCUT2D eigenvalue weighted by atomic mass is 9.67. The molecule has 2 aliphatic rings. The van der Waals surface area contributed by atoms with E-state index in [9.17, 15) is 4.79 Å². The first kappa shape index (κ1) is 9.91. The molecule has 1 fully saturated rings. The van der Waals surface area contributed by atoms with Crippen molar-refractivity contribution in [3.05, 3.63) is 12.2 Å². The predicted molar refractivity (Wildman–Crippen MR) is 55.1 cm³/mol. The van der Waals surface area contributed by atoms with Crippen LogP contribution in [0.25, 0.3) is 0 Å². The van der Waals surface area contributed by atoms with Crippen LogP contribution in [-0.4, -0.2) is 17.5 Å². The lowest BCUT2D eigenvalue weighted by molar-refractivity contribution is -0.127. The van der Waals surface area contributed by atoms with Gasteiger partial charge in [0.15, 0.2) is 5.78 Å². The Hall–Kier alpha value is -0.630. The molecule has 2 atom stereocenters. The van der Waals surface area contributed by atoms with Crippen molar-refractivity contribution in [2.45, 2.75) is 51.7 Å². The maximum Gasteiger partial charge on any atom is 0.156 e. The molecule has 1 heterocycles. The average molecular weight is 194 g/mol. The molecule has 2 rings (SSSR count). The first-order valence-corrected chi connectivity index (χ1v) is 5.35. The van der Waals surface area contributed by atoms with Crippen LogP contribution in [0.4, 0.5) is 0 Å². The second-order valence-electron chi connectivity index (χ2n) is 5.22. The maximum absolute atomic E-state index is 11.4. The highest BCUT2D eigenvalue weighted by Gasteiger charge is 2.50. The number of ether oxygens (including phenoxy) is 1. The Balaban J connectivity index is 2.34. The first-order valence-electron chi connectivity index (χ1n) is 5.35. The summed E-state index contributed by atoms with van der Waals surface area (Å²) in [4.78, 5) is 11.4. The molecule has 0 amide bonds. The normalized spacial score (nSPS) is 40.8. The van der Waals surface area contributed by atoms with E-state index in [1.807, 2.05) is 6.08 Å². The van der Waals surface area contributed by atoms with E-state index in [4.69, 9.17) is 4.74 Å². The lowest BCUT2D eigenvalue weighted by Gasteiger charge is -2.43. The van der Waals surface area contributed by atoms with Crippen LogP contribution in [0.1, 0.15) is 40.0 Å². The Kier molecular flexibility index (Phi) is 2.07. The summed E-state index contributed by atoms with van der Waals surface area (Å²) in [5, 5.41) is 0. The SMILES string of the molecule is C[C@@H]1CC[C@@]2(C=CC(=O)CC2(C)C)O1. The van der Waals surface area contributed by atoms with Crippen molar-refractivity contribution in [3.8, 4) is 0 Å². The van der Waals surface area contributed by atoms with Crippen molar-refractivity contribution in [2.75, 3.05) is 0 Å². The highest BCUT2D eigenvalue weighted by Crippen LogP contribution is 2.49. The summed E-state index contributed by atoms with van der Waals surface area (Å²) >= 11 is 0. The van der Waals surface area contributed by atoms with Gasteiger partial charge in [0.25, 0.3) is 0 Å². The molecule has 0 aromatic heterocycles. The summed E-state index contributed by atoms with van der Waals surface area (Å²) < 4.78 is 6.01. The number of carbonyl (C=O) groups excluding carboxylic acids is 1. The van der Waals surface area contributed by atoms with E-state index in [0.29, 0.717) is 12.5 Å². The Morgan fingerprint density at radius 3 is 2.71 bits per heavy atom. The third kappa shape index (κ3) is 1.33. The van der Waals surface area contributed by atoms with Crippen LogP contribution in [0.5, 0.6) is 0 Å². The van der Waals surface area contributed by atoms with Crippen molar-refractivity contribution in [2.24, 2.45) is 5.41 Å². The lowest BCUT2D eigenvalue weighted by Crippen LogP contribution is -2.46. The van der Waals surface area contributed by atoms with Crippen LogP contribution < -0.4 is 0 Å². The minimum atomic E-state index is -0.180. The summed E-state index contributed by atoms with van der Waals surface area (Å²) in [5.74, 6) is 0.226. The van der Waals surface area contributed by atoms with Gasteiger partial charge in [0.05, 0.1) is 11.7 Å². The van der Waals surface area contributed by atoms with Gasteiger partial charge in [-0.2, -0.15) is 0 Å². The van der Waals surface area contributed by atoms with Crippen molar-refractivity contribution in [1.82, 2.24) is 0 Å². The first-order chi connectivity index (χ1) is 6.45. The van der Waals surface area contributed by atoms with Gasteiger partial charge in [0.1, 0.15) is 0 Å². The van der Waals surface area contributed by atoms with Gasteiger partial charge in [-0.05, 0) is 31.9 Å². The fraction of sp³-hybridized carbons (Fsp3) is 0.750. The Morgan fingerprint density at radius 1 is 1.50 bits per heavy atom. The van der Waals surface area contributed by atoms with E-state index in [0.717, 1.165) is 12.8 Å². The zero-order chi connectivity index (χ0) is 10.4. The monoisotopic (exact) mass is 194 g/mol. The second kappa shape index (κ2) is 2.93. The quantitative estimate of drug-likeness (QED) is 0.592. The van der Waals surface area contributed by atoms with E-state index in [1.54, 1.807) is 6.08 Å². The number of hydrogen-bond donors (Lipinski definition) is 0. The molecular weight excluding hydrogens is 176 g/mol. The summed E-state index contributed by atoms with van der Waals surface area (Å²) in [7, 11) is 0. The van der Waals surface area contributed by atoms with Gasteiger partial charge in [-0.25, -0.2) is 0 Å². The Labute approximate surface area is 85.3 Å². The Morgan fingerprint density at radius 2 is 2.21 bits per heavy atom. The van der Waals surface area contributed by atoms with Crippen LogP contribution in [0, 0.1) is 5.41 Å². The van der Waals surface area contributed by atoms with Crippen LogP contribution >= 0.6 is 0 Å². The van der Waals surface area contributed by atoms with Crippen LogP contribution in [-0.2, 0) is 9.53 Å². The smallest absolute Gasteiger partial charge is 0.156 e. The molecule has 0 aromatic carbocycles. The number of carbonyl (C=O) groups is 1. The molecule has 78 valence electrons. The highest BCUT2D eigenvalue weighted by molar-refractivity contribution is 5.91. The number of ketones is 1. The standard InChI is InChI=1S/C12H18O2/c1-9-4-6-12(14-9)7-5-10(13)8-11(12,2)3/h5,7,9H,4,6,8H2,1-3H3/t9-,12+/m1/s1. The van der Waals surface area contributed by atoms with Crippen LogP contribution in [0.15, 0.2) is 12.2 Å². The molecule has 2 nitrogen and oxygen atoms in total. The molecule has 0 unspecified atom stereocenters. The molecule has 1 saturated heterocycles. The van der Waals surface area contributed by atoms with E-state index < -0.39 is 0 Å². The molecule has 1 aliphatic heterocycles. The minimum absolute atomic E-state index is 0.0520. The van der Waals surface area contributed by atoms with Gasteiger partial charge < -0.3 is 4.74 Å². The minimum Gasteiger partial charge on any atom is -0.367 e. The van der Waals surface area contributed by atoms with Crippen molar-refractivity contribution >= 4 is 5.78 Å². The molecule has 0 radical (unpaired) electrons. The van der Waals surface area contributed by atoms with Crippen LogP contribution in [0.2, 0.25) is 0 Å². The summed E-state index contributed by atoms with van der Waals surface area (Å²) in [6.07, 6.45) is 6.77. The van der Waals surface area contributed by atoms with Gasteiger partial charge in [0.2, 0.25) is 0 Å². The molecular formula is C12H18O2. The van der Waals surface area contributed by atoms with Gasteiger partial charge in [-0.1, -0.05) is 13.8 Å². The van der Waals surface area contributed by atoms with E-state index in [-0.39, 0.29) is 16.8 Å². The fourth-order valence-corrected chi connectivity index (χ4v) is 2.61. The molecule has 0 saturated carbocycles. The van der Waals surface area contributed by atoms with Gasteiger partial charge >= 0.3 is 0 Å². The molecule has 0 aromatic rings. The van der Waals surface area contributed by atoms with E-state index in [1.165, 1.54) is 0 Å². The fourth-order valence-electron chi connectivity index (χ4n) is 2.61. The zero-order valence-corrected chi connectivity index (χ0v) is 9.17. The van der Waals surface area contributed by atoms with Gasteiger partial charge in [0, 0.05) is 11.8 Å². The molecule has 1 spiro atoms. The predicted octanol–water partition coefficient (Wildman–Crippen LogP) is 2.48. The average Bonchev–Trinajstić information content (AvgIpc) is 2.43. The van der Waals surface area contributed by atoms with E-state index in [2.05, 4.69) is 20.8 Å². The summed E-state index contributed by atoms with van der Waals surface area (Å²) in [5.41, 5.74) is -0.232. The number of hydrogen-bond acceptors (Lipinski definition) is 2. The second-order valence-corrected chi connectivity index (χ2v) is 5.22. The molecule has 1 aliphatic carbocycles. The Bertz CT molecular complexity index is 291. The van der Waals surface area contributed by atoms with E-state index >= 15 is 0 Å². The van der Waals surface area contributed by atoms with Crippen molar-refractivity contribution in [3.63, 3.8) is 0 Å². The number of allylic oxidation sites excluding steroid dienone is 1. The van der Waals surface area contributed by atoms with Crippen molar-refractivity contribution in [1.29, 1.82) is 0 Å². The topological polar surface area (TPSA) is 26.3 Å². The molecule has 0 bridgehead atoms. The number of rotatable bonds is 0. The summed E-state index contributed by atoms with van der Waals surface area (Å²) in [6.45, 7) is 6.37. The zero-order valence-electron chi connectivity index (χ0n) is 9.17. The maximum atomic E-state index is 11.4. The van der Waals surface area contributed by atoms with Gasteiger partial charge in [-0.15, -0.1) is 0 Å². The molecule has 14 heavy (non-hydrogen) atoms. The highest BCUT2D eigenvalue weighted by atomic mass is 16.5. The molecule has 2 heteroatoms. The summed E-state index contributed by atoms with van der Waals surface area (Å²) in [6, 6.07) is 0. The third-order valence-electron chi connectivity index (χ3n) is 3.63. The largest absolute Gasteiger partial charge is 0.367 e. The third-order valence-corrected chi connectivity index (χ3v) is 3.63. The van der Waals surface area contributed by atoms with Crippen molar-refractivity contribution < 1.29 is 9.53 Å².